The second-order valence-electron chi connectivity index (χ2n) is 5.70. The van der Waals surface area contributed by atoms with Crippen molar-refractivity contribution in [1.29, 1.82) is 0 Å². The minimum atomic E-state index is -0.0475. The topological polar surface area (TPSA) is 41.6 Å². The van der Waals surface area contributed by atoms with E-state index in [4.69, 9.17) is 4.74 Å². The molecule has 1 aromatic rings. The number of hydrogen-bond donors (Lipinski definition) is 1. The minimum absolute atomic E-state index is 0.0475. The van der Waals surface area contributed by atoms with Crippen LogP contribution in [-0.2, 0) is 11.3 Å². The molecule has 1 fully saturated rings. The molecule has 1 N–H and O–H groups in total. The van der Waals surface area contributed by atoms with Crippen LogP contribution in [0.3, 0.4) is 0 Å². The Morgan fingerprint density at radius 1 is 1.29 bits per heavy atom. The van der Waals surface area contributed by atoms with Crippen LogP contribution in [0.15, 0.2) is 24.3 Å². The summed E-state index contributed by atoms with van der Waals surface area (Å²) in [4.78, 5) is 14.6. The summed E-state index contributed by atoms with van der Waals surface area (Å²) in [5.41, 5.74) is 1.06. The van der Waals surface area contributed by atoms with Gasteiger partial charge in [0.2, 0.25) is 5.91 Å². The predicted molar refractivity (Wildman–Crippen MR) is 84.3 cm³/mol. The monoisotopic (exact) mass is 290 g/mol. The highest BCUT2D eigenvalue weighted by molar-refractivity contribution is 5.81. The van der Waals surface area contributed by atoms with E-state index in [1.807, 2.05) is 31.2 Å². The summed E-state index contributed by atoms with van der Waals surface area (Å²) in [5.74, 6) is 0.932. The third-order valence-electron chi connectivity index (χ3n) is 4.17. The molecular formula is C17H26N2O2. The highest BCUT2D eigenvalue weighted by Crippen LogP contribution is 2.14. The van der Waals surface area contributed by atoms with E-state index in [-0.39, 0.29) is 11.9 Å². The molecule has 0 bridgehead atoms. The molecule has 1 aliphatic rings. The zero-order valence-electron chi connectivity index (χ0n) is 13.1. The smallest absolute Gasteiger partial charge is 0.237 e. The van der Waals surface area contributed by atoms with Crippen molar-refractivity contribution in [3.05, 3.63) is 29.8 Å². The Balaban J connectivity index is 1.85. The van der Waals surface area contributed by atoms with Gasteiger partial charge in [0.15, 0.2) is 0 Å². The summed E-state index contributed by atoms with van der Waals surface area (Å²) in [6.45, 7) is 4.63. The van der Waals surface area contributed by atoms with Gasteiger partial charge in [-0.2, -0.15) is 0 Å². The molecule has 0 radical (unpaired) electrons. The van der Waals surface area contributed by atoms with Crippen LogP contribution in [-0.4, -0.2) is 37.0 Å². The van der Waals surface area contributed by atoms with Gasteiger partial charge in [-0.3, -0.25) is 9.69 Å². The molecule has 0 unspecified atom stereocenters. The van der Waals surface area contributed by atoms with Crippen LogP contribution in [0.1, 0.15) is 38.2 Å². The molecule has 0 spiro atoms. The second kappa shape index (κ2) is 8.03. The number of nitrogens with one attached hydrogen (secondary N) is 1. The van der Waals surface area contributed by atoms with Crippen LogP contribution in [0.4, 0.5) is 0 Å². The Bertz CT molecular complexity index is 454. The molecule has 2 rings (SSSR count). The van der Waals surface area contributed by atoms with Gasteiger partial charge in [-0.1, -0.05) is 25.0 Å². The molecule has 1 amide bonds. The molecular weight excluding hydrogens is 264 g/mol. The lowest BCUT2D eigenvalue weighted by Gasteiger charge is -2.26. The van der Waals surface area contributed by atoms with E-state index in [1.54, 1.807) is 7.11 Å². The first-order valence-corrected chi connectivity index (χ1v) is 7.85. The number of hydrogen-bond acceptors (Lipinski definition) is 3. The number of nitrogens with zero attached hydrogens (tertiary/aromatic N) is 1. The first kappa shape index (κ1) is 15.8. The maximum Gasteiger partial charge on any atom is 0.237 e. The summed E-state index contributed by atoms with van der Waals surface area (Å²) < 4.78 is 5.20. The van der Waals surface area contributed by atoms with Crippen LogP contribution >= 0.6 is 0 Å². The van der Waals surface area contributed by atoms with Crippen molar-refractivity contribution in [2.75, 3.05) is 20.2 Å². The zero-order chi connectivity index (χ0) is 15.1. The lowest BCUT2D eigenvalue weighted by Crippen LogP contribution is -2.45. The Morgan fingerprint density at radius 2 is 2.00 bits per heavy atom. The number of ether oxygens (including phenoxy) is 1. The third-order valence-corrected chi connectivity index (χ3v) is 4.17. The van der Waals surface area contributed by atoms with Crippen LogP contribution in [0.2, 0.25) is 0 Å². The Labute approximate surface area is 127 Å². The van der Waals surface area contributed by atoms with Gasteiger partial charge in [0.05, 0.1) is 13.2 Å². The van der Waals surface area contributed by atoms with Crippen molar-refractivity contribution in [3.8, 4) is 5.75 Å². The van der Waals surface area contributed by atoms with Gasteiger partial charge in [0.1, 0.15) is 5.75 Å². The predicted octanol–water partition coefficient (Wildman–Crippen LogP) is 2.58. The standard InChI is InChI=1S/C17H26N2O2/c1-14(19-10-5-3-4-6-11-19)17(20)18-13-15-8-7-9-16(12-15)21-2/h7-9,12,14H,3-6,10-11,13H2,1-2H3,(H,18,20)/t14-/m1/s1. The van der Waals surface area contributed by atoms with Gasteiger partial charge in [0, 0.05) is 6.54 Å². The van der Waals surface area contributed by atoms with Crippen LogP contribution in [0.5, 0.6) is 5.75 Å². The fraction of sp³-hybridized carbons (Fsp3) is 0.588. The second-order valence-corrected chi connectivity index (χ2v) is 5.70. The van der Waals surface area contributed by atoms with E-state index in [0.717, 1.165) is 24.4 Å². The molecule has 0 aliphatic carbocycles. The molecule has 0 aromatic heterocycles. The van der Waals surface area contributed by atoms with Crippen molar-refractivity contribution < 1.29 is 9.53 Å². The molecule has 1 heterocycles. The van der Waals surface area contributed by atoms with Gasteiger partial charge >= 0.3 is 0 Å². The van der Waals surface area contributed by atoms with E-state index >= 15 is 0 Å². The Hall–Kier alpha value is -1.55. The molecule has 21 heavy (non-hydrogen) atoms. The number of amides is 1. The quantitative estimate of drug-likeness (QED) is 0.906. The van der Waals surface area contributed by atoms with Gasteiger partial charge in [-0.25, -0.2) is 0 Å². The van der Waals surface area contributed by atoms with Crippen molar-refractivity contribution in [1.82, 2.24) is 10.2 Å². The van der Waals surface area contributed by atoms with Gasteiger partial charge in [0.25, 0.3) is 0 Å². The number of carbonyl (C=O) groups excluding carboxylic acids is 1. The largest absolute Gasteiger partial charge is 0.497 e. The minimum Gasteiger partial charge on any atom is -0.497 e. The summed E-state index contributed by atoms with van der Waals surface area (Å²) in [5, 5.41) is 3.03. The number of carbonyl (C=O) groups is 1. The number of methoxy groups -OCH3 is 1. The molecule has 1 aromatic carbocycles. The molecule has 4 heteroatoms. The van der Waals surface area contributed by atoms with Crippen LogP contribution < -0.4 is 10.1 Å². The van der Waals surface area contributed by atoms with Crippen LogP contribution in [0.25, 0.3) is 0 Å². The highest BCUT2D eigenvalue weighted by atomic mass is 16.5. The molecule has 1 saturated heterocycles. The van der Waals surface area contributed by atoms with E-state index in [1.165, 1.54) is 25.7 Å². The molecule has 4 nitrogen and oxygen atoms in total. The number of likely N-dealkylation sites (tertiary alicyclic amines) is 1. The van der Waals surface area contributed by atoms with Crippen molar-refractivity contribution in [2.24, 2.45) is 0 Å². The molecule has 116 valence electrons. The summed E-state index contributed by atoms with van der Waals surface area (Å²) in [6, 6.07) is 7.76. The number of rotatable bonds is 5. The van der Waals surface area contributed by atoms with Gasteiger partial charge < -0.3 is 10.1 Å². The van der Waals surface area contributed by atoms with E-state index in [9.17, 15) is 4.79 Å². The number of benzene rings is 1. The summed E-state index contributed by atoms with van der Waals surface area (Å²) >= 11 is 0. The average Bonchev–Trinajstić information content (AvgIpc) is 2.81. The van der Waals surface area contributed by atoms with Crippen molar-refractivity contribution >= 4 is 5.91 Å². The first-order valence-electron chi connectivity index (χ1n) is 7.85. The first-order chi connectivity index (χ1) is 10.2. The summed E-state index contributed by atoms with van der Waals surface area (Å²) in [7, 11) is 1.65. The average molecular weight is 290 g/mol. The Kier molecular flexibility index (Phi) is 6.05. The molecule has 1 aliphatic heterocycles. The summed E-state index contributed by atoms with van der Waals surface area (Å²) in [6.07, 6.45) is 4.98. The van der Waals surface area contributed by atoms with E-state index in [2.05, 4.69) is 10.2 Å². The van der Waals surface area contributed by atoms with Crippen molar-refractivity contribution in [3.63, 3.8) is 0 Å². The third kappa shape index (κ3) is 4.74. The maximum atomic E-state index is 12.3. The SMILES string of the molecule is COc1cccc(CNC(=O)[C@@H](C)N2CCCCCC2)c1. The fourth-order valence-electron chi connectivity index (χ4n) is 2.77. The Morgan fingerprint density at radius 3 is 2.67 bits per heavy atom. The maximum absolute atomic E-state index is 12.3. The molecule has 1 atom stereocenters. The zero-order valence-corrected chi connectivity index (χ0v) is 13.1. The van der Waals surface area contributed by atoms with Gasteiger partial charge in [-0.15, -0.1) is 0 Å². The van der Waals surface area contributed by atoms with E-state index < -0.39 is 0 Å². The normalized spacial score (nSPS) is 17.8. The highest BCUT2D eigenvalue weighted by Gasteiger charge is 2.21. The van der Waals surface area contributed by atoms with Gasteiger partial charge in [-0.05, 0) is 50.6 Å². The van der Waals surface area contributed by atoms with Crippen molar-refractivity contribution in [2.45, 2.75) is 45.2 Å². The fourth-order valence-corrected chi connectivity index (χ4v) is 2.77. The lowest BCUT2D eigenvalue weighted by atomic mass is 10.2. The lowest BCUT2D eigenvalue weighted by molar-refractivity contribution is -0.126. The van der Waals surface area contributed by atoms with E-state index in [0.29, 0.717) is 6.54 Å². The molecule has 0 saturated carbocycles. The van der Waals surface area contributed by atoms with Crippen LogP contribution in [0, 0.1) is 0 Å².